The largest absolute Gasteiger partial charge is 0.487 e. The molecule has 0 saturated heterocycles. The number of methoxy groups -OCH3 is 1. The predicted molar refractivity (Wildman–Crippen MR) is 79.5 cm³/mol. The van der Waals surface area contributed by atoms with Crippen molar-refractivity contribution in [2.45, 2.75) is 33.2 Å². The molecule has 0 radical (unpaired) electrons. The molecule has 5 heteroatoms. The topological polar surface area (TPSA) is 30.5 Å². The molecule has 0 aliphatic heterocycles. The minimum atomic E-state index is -0.649. The van der Waals surface area contributed by atoms with Crippen molar-refractivity contribution in [3.05, 3.63) is 29.3 Å². The predicted octanol–water partition coefficient (Wildman–Crippen LogP) is 3.52. The molecule has 0 atom stereocenters. The summed E-state index contributed by atoms with van der Waals surface area (Å²) in [4.78, 5) is 0. The first-order valence-electron chi connectivity index (χ1n) is 7.42. The fraction of sp³-hybridized carbons (Fsp3) is 0.625. The lowest BCUT2D eigenvalue weighted by Crippen LogP contribution is -2.19. The monoisotopic (exact) mass is 301 g/mol. The lowest BCUT2D eigenvalue weighted by Gasteiger charge is -2.15. The molecule has 0 aliphatic carbocycles. The molecular formula is C16H25F2NO2. The van der Waals surface area contributed by atoms with Crippen LogP contribution in [0.2, 0.25) is 0 Å². The molecule has 1 aromatic carbocycles. The number of ether oxygens (including phenoxy) is 2. The van der Waals surface area contributed by atoms with E-state index in [1.807, 2.05) is 13.8 Å². The Morgan fingerprint density at radius 2 is 1.76 bits per heavy atom. The molecule has 0 spiro atoms. The Hall–Kier alpha value is -1.20. The molecule has 1 rings (SSSR count). The number of halogens is 2. The Morgan fingerprint density at radius 3 is 2.29 bits per heavy atom. The van der Waals surface area contributed by atoms with Gasteiger partial charge in [0.25, 0.3) is 0 Å². The van der Waals surface area contributed by atoms with Crippen LogP contribution in [0.15, 0.2) is 12.1 Å². The zero-order valence-corrected chi connectivity index (χ0v) is 13.0. The van der Waals surface area contributed by atoms with Gasteiger partial charge < -0.3 is 14.8 Å². The normalized spacial score (nSPS) is 11.1. The van der Waals surface area contributed by atoms with Crippen molar-refractivity contribution in [1.29, 1.82) is 0 Å². The Kier molecular flexibility index (Phi) is 8.23. The van der Waals surface area contributed by atoms with Crippen molar-refractivity contribution in [2.24, 2.45) is 5.92 Å². The summed E-state index contributed by atoms with van der Waals surface area (Å²) in [5.74, 6) is -1.25. The summed E-state index contributed by atoms with van der Waals surface area (Å²) < 4.78 is 38.1. The molecule has 0 amide bonds. The van der Waals surface area contributed by atoms with Gasteiger partial charge in [-0.2, -0.15) is 0 Å². The number of benzene rings is 1. The van der Waals surface area contributed by atoms with E-state index in [4.69, 9.17) is 9.47 Å². The van der Waals surface area contributed by atoms with Crippen LogP contribution in [-0.2, 0) is 11.3 Å². The van der Waals surface area contributed by atoms with Crippen molar-refractivity contribution in [1.82, 2.24) is 5.32 Å². The van der Waals surface area contributed by atoms with Gasteiger partial charge in [0.2, 0.25) is 0 Å². The minimum Gasteiger partial charge on any atom is -0.487 e. The fourth-order valence-corrected chi connectivity index (χ4v) is 1.98. The lowest BCUT2D eigenvalue weighted by molar-refractivity contribution is 0.199. The molecule has 120 valence electrons. The van der Waals surface area contributed by atoms with E-state index in [0.29, 0.717) is 37.8 Å². The van der Waals surface area contributed by atoms with Gasteiger partial charge in [0.05, 0.1) is 13.2 Å². The van der Waals surface area contributed by atoms with E-state index in [0.717, 1.165) is 12.8 Å². The highest BCUT2D eigenvalue weighted by Gasteiger charge is 2.14. The molecule has 0 saturated carbocycles. The second kappa shape index (κ2) is 9.68. The zero-order valence-electron chi connectivity index (χ0n) is 13.0. The summed E-state index contributed by atoms with van der Waals surface area (Å²) in [6.45, 7) is 6.00. The van der Waals surface area contributed by atoms with Crippen molar-refractivity contribution in [2.75, 3.05) is 26.9 Å². The Morgan fingerprint density at radius 1 is 1.14 bits per heavy atom. The van der Waals surface area contributed by atoms with Gasteiger partial charge in [-0.25, -0.2) is 8.78 Å². The SMILES string of the molecule is CCC(CC)COc1c(F)cc(CNCCOC)cc1F. The number of hydrogen-bond acceptors (Lipinski definition) is 3. The van der Waals surface area contributed by atoms with Gasteiger partial charge in [0.15, 0.2) is 17.4 Å². The van der Waals surface area contributed by atoms with E-state index in [1.54, 1.807) is 7.11 Å². The van der Waals surface area contributed by atoms with E-state index in [-0.39, 0.29) is 5.75 Å². The first kappa shape index (κ1) is 17.9. The minimum absolute atomic E-state index is 0.275. The second-order valence-electron chi connectivity index (χ2n) is 5.05. The highest BCUT2D eigenvalue weighted by Crippen LogP contribution is 2.24. The quantitative estimate of drug-likeness (QED) is 0.671. The maximum Gasteiger partial charge on any atom is 0.190 e. The van der Waals surface area contributed by atoms with Crippen LogP contribution < -0.4 is 10.1 Å². The van der Waals surface area contributed by atoms with E-state index < -0.39 is 11.6 Å². The molecule has 1 N–H and O–H groups in total. The van der Waals surface area contributed by atoms with Crippen LogP contribution in [0.5, 0.6) is 5.75 Å². The third kappa shape index (κ3) is 5.98. The van der Waals surface area contributed by atoms with Crippen molar-refractivity contribution >= 4 is 0 Å². The van der Waals surface area contributed by atoms with Crippen LogP contribution in [0.3, 0.4) is 0 Å². The van der Waals surface area contributed by atoms with Gasteiger partial charge >= 0.3 is 0 Å². The number of hydrogen-bond donors (Lipinski definition) is 1. The molecule has 0 heterocycles. The number of nitrogens with one attached hydrogen (secondary N) is 1. The highest BCUT2D eigenvalue weighted by molar-refractivity contribution is 5.31. The van der Waals surface area contributed by atoms with Gasteiger partial charge in [-0.05, 0) is 23.6 Å². The molecule has 3 nitrogen and oxygen atoms in total. The Labute approximate surface area is 125 Å². The average Bonchev–Trinajstić information content (AvgIpc) is 2.47. The van der Waals surface area contributed by atoms with Gasteiger partial charge in [-0.3, -0.25) is 0 Å². The molecule has 0 fully saturated rings. The van der Waals surface area contributed by atoms with Gasteiger partial charge in [0.1, 0.15) is 0 Å². The molecule has 0 aliphatic rings. The highest BCUT2D eigenvalue weighted by atomic mass is 19.1. The zero-order chi connectivity index (χ0) is 15.7. The smallest absolute Gasteiger partial charge is 0.190 e. The summed E-state index contributed by atoms with van der Waals surface area (Å²) in [7, 11) is 1.60. The van der Waals surface area contributed by atoms with Crippen LogP contribution in [-0.4, -0.2) is 26.9 Å². The standard InChI is InChI=1S/C16H25F2NO2/c1-4-12(5-2)11-21-16-14(17)8-13(9-15(16)18)10-19-6-7-20-3/h8-9,12,19H,4-7,10-11H2,1-3H3. The Bertz CT molecular complexity index is 400. The van der Waals surface area contributed by atoms with Crippen molar-refractivity contribution < 1.29 is 18.3 Å². The fourth-order valence-electron chi connectivity index (χ4n) is 1.98. The first-order chi connectivity index (χ1) is 10.1. The van der Waals surface area contributed by atoms with Gasteiger partial charge in [-0.1, -0.05) is 26.7 Å². The maximum absolute atomic E-state index is 13.9. The molecule has 0 bridgehead atoms. The molecule has 0 aromatic heterocycles. The van der Waals surface area contributed by atoms with E-state index >= 15 is 0 Å². The summed E-state index contributed by atoms with van der Waals surface area (Å²) in [6, 6.07) is 2.62. The maximum atomic E-state index is 13.9. The third-order valence-electron chi connectivity index (χ3n) is 3.49. The molecule has 1 aromatic rings. The number of rotatable bonds is 10. The van der Waals surface area contributed by atoms with Gasteiger partial charge in [0, 0.05) is 20.2 Å². The van der Waals surface area contributed by atoms with Crippen LogP contribution in [0, 0.1) is 17.6 Å². The molecule has 0 unspecified atom stereocenters. The second-order valence-corrected chi connectivity index (χ2v) is 5.05. The third-order valence-corrected chi connectivity index (χ3v) is 3.49. The first-order valence-corrected chi connectivity index (χ1v) is 7.42. The lowest BCUT2D eigenvalue weighted by atomic mass is 10.1. The van der Waals surface area contributed by atoms with Crippen LogP contribution >= 0.6 is 0 Å². The van der Waals surface area contributed by atoms with Gasteiger partial charge in [-0.15, -0.1) is 0 Å². The summed E-state index contributed by atoms with van der Waals surface area (Å²) >= 11 is 0. The van der Waals surface area contributed by atoms with E-state index in [1.165, 1.54) is 12.1 Å². The van der Waals surface area contributed by atoms with Crippen LogP contribution in [0.4, 0.5) is 8.78 Å². The average molecular weight is 301 g/mol. The molecule has 21 heavy (non-hydrogen) atoms. The van der Waals surface area contributed by atoms with Crippen LogP contribution in [0.25, 0.3) is 0 Å². The summed E-state index contributed by atoms with van der Waals surface area (Å²) in [5, 5.41) is 3.05. The molecular weight excluding hydrogens is 276 g/mol. The summed E-state index contributed by atoms with van der Waals surface area (Å²) in [5.41, 5.74) is 0.552. The van der Waals surface area contributed by atoms with E-state index in [9.17, 15) is 8.78 Å². The summed E-state index contributed by atoms with van der Waals surface area (Å²) in [6.07, 6.45) is 1.86. The Balaban J connectivity index is 2.62. The van der Waals surface area contributed by atoms with Crippen molar-refractivity contribution in [3.63, 3.8) is 0 Å². The van der Waals surface area contributed by atoms with Crippen LogP contribution in [0.1, 0.15) is 32.3 Å². The van der Waals surface area contributed by atoms with Crippen molar-refractivity contribution in [3.8, 4) is 5.75 Å². The van der Waals surface area contributed by atoms with E-state index in [2.05, 4.69) is 5.32 Å².